The number of non-ortho nitro benzene ring substituents is 1. The molecule has 0 aromatic heterocycles. The van der Waals surface area contributed by atoms with E-state index in [1.807, 2.05) is 18.2 Å². The van der Waals surface area contributed by atoms with Gasteiger partial charge in [-0.05, 0) is 42.4 Å². The molecule has 3 aliphatic rings. The van der Waals surface area contributed by atoms with Crippen LogP contribution in [0.3, 0.4) is 0 Å². The lowest BCUT2D eigenvalue weighted by molar-refractivity contribution is -0.384. The summed E-state index contributed by atoms with van der Waals surface area (Å²) >= 11 is 0. The molecular formula is C25H27N3O3. The standard InChI is InChI=1S/C25H27N3O3/c29-25(26-17-8-2-1-3-9-17)22-14-6-13-21-19-11-5-12-20(19)23(27-24(21)22)16-7-4-10-18(15-16)28(30)31/h4-7,10-11,13-15,17,19-20,23,27H,1-3,8-9,12H2,(H,26,29). The molecule has 0 saturated heterocycles. The highest BCUT2D eigenvalue weighted by molar-refractivity contribution is 6.01. The Morgan fingerprint density at radius 3 is 2.71 bits per heavy atom. The molecule has 2 aromatic rings. The van der Waals surface area contributed by atoms with E-state index in [0.717, 1.165) is 36.1 Å². The van der Waals surface area contributed by atoms with Gasteiger partial charge in [0.05, 0.1) is 22.2 Å². The first-order valence-corrected chi connectivity index (χ1v) is 11.2. The van der Waals surface area contributed by atoms with Crippen LogP contribution in [0.2, 0.25) is 0 Å². The third kappa shape index (κ3) is 3.71. The number of nitro benzene ring substituents is 1. The largest absolute Gasteiger partial charge is 0.377 e. The fourth-order valence-electron chi connectivity index (χ4n) is 5.48. The summed E-state index contributed by atoms with van der Waals surface area (Å²) in [6.07, 6.45) is 11.0. The molecule has 3 unspecified atom stereocenters. The monoisotopic (exact) mass is 417 g/mol. The van der Waals surface area contributed by atoms with Crippen LogP contribution in [-0.2, 0) is 0 Å². The van der Waals surface area contributed by atoms with Gasteiger partial charge in [0.15, 0.2) is 0 Å². The van der Waals surface area contributed by atoms with Crippen LogP contribution in [0.25, 0.3) is 0 Å². The van der Waals surface area contributed by atoms with Crippen LogP contribution >= 0.6 is 0 Å². The number of carbonyl (C=O) groups is 1. The topological polar surface area (TPSA) is 84.3 Å². The highest BCUT2D eigenvalue weighted by Gasteiger charge is 2.39. The molecule has 0 radical (unpaired) electrons. The van der Waals surface area contributed by atoms with Gasteiger partial charge in [0, 0.05) is 24.1 Å². The zero-order valence-electron chi connectivity index (χ0n) is 17.4. The van der Waals surface area contributed by atoms with Gasteiger partial charge in [0.2, 0.25) is 0 Å². The van der Waals surface area contributed by atoms with Gasteiger partial charge in [-0.3, -0.25) is 14.9 Å². The molecule has 0 spiro atoms. The fourth-order valence-corrected chi connectivity index (χ4v) is 5.48. The Balaban J connectivity index is 1.50. The first-order chi connectivity index (χ1) is 15.1. The number of hydrogen-bond acceptors (Lipinski definition) is 4. The molecule has 1 heterocycles. The number of nitrogens with one attached hydrogen (secondary N) is 2. The van der Waals surface area contributed by atoms with Crippen LogP contribution in [0, 0.1) is 16.0 Å². The molecule has 0 bridgehead atoms. The minimum absolute atomic E-state index is 0.0329. The molecule has 2 aliphatic carbocycles. The lowest BCUT2D eigenvalue weighted by Gasteiger charge is -2.38. The third-order valence-corrected chi connectivity index (χ3v) is 7.02. The number of nitro groups is 1. The summed E-state index contributed by atoms with van der Waals surface area (Å²) in [6.45, 7) is 0. The van der Waals surface area contributed by atoms with E-state index in [0.29, 0.717) is 5.56 Å². The van der Waals surface area contributed by atoms with Crippen molar-refractivity contribution in [3.63, 3.8) is 0 Å². The van der Waals surface area contributed by atoms with Crippen LogP contribution in [-0.4, -0.2) is 16.9 Å². The summed E-state index contributed by atoms with van der Waals surface area (Å²) in [5.74, 6) is 0.434. The quantitative estimate of drug-likeness (QED) is 0.392. The first-order valence-electron chi connectivity index (χ1n) is 11.2. The molecule has 160 valence electrons. The Morgan fingerprint density at radius 1 is 1.10 bits per heavy atom. The number of fused-ring (bicyclic) bond motifs is 3. The number of anilines is 1. The zero-order valence-corrected chi connectivity index (χ0v) is 17.4. The number of amides is 1. The Bertz CT molecular complexity index is 1040. The van der Waals surface area contributed by atoms with Gasteiger partial charge in [0.1, 0.15) is 0 Å². The number of para-hydroxylation sites is 1. The zero-order chi connectivity index (χ0) is 21.4. The number of carbonyl (C=O) groups excluding carboxylic acids is 1. The molecule has 3 atom stereocenters. The van der Waals surface area contributed by atoms with Gasteiger partial charge in [-0.15, -0.1) is 0 Å². The Kier molecular flexibility index (Phi) is 5.22. The molecule has 1 aliphatic heterocycles. The maximum atomic E-state index is 13.2. The molecule has 1 fully saturated rings. The SMILES string of the molecule is O=C(NC1CCCCC1)c1cccc2c1NC(c1cccc([N+](=O)[O-])c1)C1CC=CC21. The van der Waals surface area contributed by atoms with Crippen molar-refractivity contribution in [2.75, 3.05) is 5.32 Å². The number of nitrogens with zero attached hydrogens (tertiary/aromatic N) is 1. The number of benzene rings is 2. The van der Waals surface area contributed by atoms with Crippen molar-refractivity contribution in [2.45, 2.75) is 56.5 Å². The van der Waals surface area contributed by atoms with E-state index >= 15 is 0 Å². The third-order valence-electron chi connectivity index (χ3n) is 7.02. The number of hydrogen-bond donors (Lipinski definition) is 2. The summed E-state index contributed by atoms with van der Waals surface area (Å²) in [6, 6.07) is 13.0. The van der Waals surface area contributed by atoms with Crippen molar-refractivity contribution in [2.24, 2.45) is 5.92 Å². The fraction of sp³-hybridized carbons (Fsp3) is 0.400. The Hall–Kier alpha value is -3.15. The second-order valence-electron chi connectivity index (χ2n) is 8.91. The van der Waals surface area contributed by atoms with Crippen molar-refractivity contribution < 1.29 is 9.72 Å². The number of allylic oxidation sites excluding steroid dienone is 2. The molecule has 2 aromatic carbocycles. The minimum Gasteiger partial charge on any atom is -0.377 e. The Labute approximate surface area is 181 Å². The molecule has 5 rings (SSSR count). The molecular weight excluding hydrogens is 390 g/mol. The van der Waals surface area contributed by atoms with Crippen molar-refractivity contribution in [3.8, 4) is 0 Å². The molecule has 6 heteroatoms. The second-order valence-corrected chi connectivity index (χ2v) is 8.91. The molecule has 6 nitrogen and oxygen atoms in total. The van der Waals surface area contributed by atoms with E-state index in [-0.39, 0.29) is 40.4 Å². The molecule has 1 amide bonds. The summed E-state index contributed by atoms with van der Waals surface area (Å²) in [4.78, 5) is 24.2. The first kappa shape index (κ1) is 19.8. The van der Waals surface area contributed by atoms with Gasteiger partial charge in [-0.1, -0.05) is 55.7 Å². The molecule has 1 saturated carbocycles. The second kappa shape index (κ2) is 8.17. The van der Waals surface area contributed by atoms with Crippen molar-refractivity contribution in [1.29, 1.82) is 0 Å². The average molecular weight is 418 g/mol. The van der Waals surface area contributed by atoms with Gasteiger partial charge >= 0.3 is 0 Å². The normalized spacial score (nSPS) is 24.7. The van der Waals surface area contributed by atoms with E-state index in [9.17, 15) is 14.9 Å². The lowest BCUT2D eigenvalue weighted by atomic mass is 9.76. The van der Waals surface area contributed by atoms with Gasteiger partial charge in [-0.25, -0.2) is 0 Å². The highest BCUT2D eigenvalue weighted by atomic mass is 16.6. The lowest BCUT2D eigenvalue weighted by Crippen LogP contribution is -2.37. The Morgan fingerprint density at radius 2 is 1.90 bits per heavy atom. The van der Waals surface area contributed by atoms with Crippen LogP contribution in [0.15, 0.2) is 54.6 Å². The predicted molar refractivity (Wildman–Crippen MR) is 120 cm³/mol. The van der Waals surface area contributed by atoms with E-state index < -0.39 is 0 Å². The van der Waals surface area contributed by atoms with Gasteiger partial charge in [-0.2, -0.15) is 0 Å². The van der Waals surface area contributed by atoms with E-state index in [4.69, 9.17) is 0 Å². The maximum Gasteiger partial charge on any atom is 0.269 e. The van der Waals surface area contributed by atoms with Gasteiger partial charge < -0.3 is 10.6 Å². The van der Waals surface area contributed by atoms with Crippen molar-refractivity contribution >= 4 is 17.3 Å². The smallest absolute Gasteiger partial charge is 0.269 e. The minimum atomic E-state index is -0.353. The van der Waals surface area contributed by atoms with Crippen LogP contribution in [0.4, 0.5) is 11.4 Å². The average Bonchev–Trinajstić information content (AvgIpc) is 3.29. The van der Waals surface area contributed by atoms with Gasteiger partial charge in [0.25, 0.3) is 11.6 Å². The molecule has 2 N–H and O–H groups in total. The van der Waals surface area contributed by atoms with E-state index in [1.165, 1.54) is 25.3 Å². The number of rotatable bonds is 4. The van der Waals surface area contributed by atoms with Crippen LogP contribution in [0.1, 0.15) is 72.0 Å². The summed E-state index contributed by atoms with van der Waals surface area (Å²) in [7, 11) is 0. The van der Waals surface area contributed by atoms with Crippen LogP contribution < -0.4 is 10.6 Å². The van der Waals surface area contributed by atoms with Crippen molar-refractivity contribution in [1.82, 2.24) is 5.32 Å². The summed E-state index contributed by atoms with van der Waals surface area (Å²) < 4.78 is 0. The maximum absolute atomic E-state index is 13.2. The summed E-state index contributed by atoms with van der Waals surface area (Å²) in [5.41, 5.74) is 3.64. The van der Waals surface area contributed by atoms with Crippen LogP contribution in [0.5, 0.6) is 0 Å². The van der Waals surface area contributed by atoms with E-state index in [2.05, 4.69) is 28.9 Å². The predicted octanol–water partition coefficient (Wildman–Crippen LogP) is 5.48. The summed E-state index contributed by atoms with van der Waals surface area (Å²) in [5, 5.41) is 18.2. The van der Waals surface area contributed by atoms with E-state index in [1.54, 1.807) is 12.1 Å². The van der Waals surface area contributed by atoms with Crippen molar-refractivity contribution in [3.05, 3.63) is 81.4 Å². The highest BCUT2D eigenvalue weighted by Crippen LogP contribution is 2.50. The molecule has 31 heavy (non-hydrogen) atoms.